The smallest absolute Gasteiger partial charge is 0.316 e. The third-order valence-corrected chi connectivity index (χ3v) is 3.63. The standard InChI is InChI=1S/C13H20N2O2/c1-3-10(13(16)17-2)12-14-8-11(15-12)9-6-4-5-7-9/h8-10H,3-7H2,1-2H3,(H,14,15). The van der Waals surface area contributed by atoms with Crippen molar-refractivity contribution in [1.82, 2.24) is 9.97 Å². The van der Waals surface area contributed by atoms with Crippen molar-refractivity contribution in [2.24, 2.45) is 0 Å². The van der Waals surface area contributed by atoms with E-state index in [1.54, 1.807) is 0 Å². The van der Waals surface area contributed by atoms with Crippen LogP contribution in [0.25, 0.3) is 0 Å². The van der Waals surface area contributed by atoms with Crippen LogP contribution in [-0.2, 0) is 9.53 Å². The number of ether oxygens (including phenoxy) is 1. The Bertz CT molecular complexity index is 381. The summed E-state index contributed by atoms with van der Waals surface area (Å²) in [6, 6.07) is 0. The number of H-pyrrole nitrogens is 1. The molecule has 1 unspecified atom stereocenters. The van der Waals surface area contributed by atoms with E-state index >= 15 is 0 Å². The van der Waals surface area contributed by atoms with Crippen molar-refractivity contribution in [2.75, 3.05) is 7.11 Å². The van der Waals surface area contributed by atoms with Crippen molar-refractivity contribution in [3.8, 4) is 0 Å². The van der Waals surface area contributed by atoms with Gasteiger partial charge in [0.05, 0.1) is 7.11 Å². The molecular weight excluding hydrogens is 216 g/mol. The van der Waals surface area contributed by atoms with Gasteiger partial charge in [-0.2, -0.15) is 0 Å². The third kappa shape index (κ3) is 2.51. The molecule has 4 heteroatoms. The largest absolute Gasteiger partial charge is 0.468 e. The lowest BCUT2D eigenvalue weighted by atomic mass is 10.0. The molecule has 1 aliphatic rings. The molecule has 1 aliphatic carbocycles. The van der Waals surface area contributed by atoms with Gasteiger partial charge in [-0.1, -0.05) is 19.8 Å². The minimum absolute atomic E-state index is 0.208. The number of aromatic nitrogens is 2. The van der Waals surface area contributed by atoms with Crippen LogP contribution < -0.4 is 0 Å². The molecule has 1 N–H and O–H groups in total. The van der Waals surface area contributed by atoms with Gasteiger partial charge in [0.15, 0.2) is 0 Å². The van der Waals surface area contributed by atoms with Crippen LogP contribution in [0.5, 0.6) is 0 Å². The molecule has 0 radical (unpaired) electrons. The normalized spacial score (nSPS) is 18.2. The molecule has 1 heterocycles. The van der Waals surface area contributed by atoms with Gasteiger partial charge >= 0.3 is 5.97 Å². The van der Waals surface area contributed by atoms with Gasteiger partial charge in [0.2, 0.25) is 0 Å². The molecule has 0 aliphatic heterocycles. The molecule has 1 fully saturated rings. The summed E-state index contributed by atoms with van der Waals surface area (Å²) in [5.74, 6) is 0.891. The molecule has 1 saturated carbocycles. The molecule has 1 aromatic heterocycles. The predicted octanol–water partition coefficient (Wildman–Crippen LogP) is 2.73. The Morgan fingerprint density at radius 2 is 2.29 bits per heavy atom. The summed E-state index contributed by atoms with van der Waals surface area (Å²) < 4.78 is 4.79. The highest BCUT2D eigenvalue weighted by atomic mass is 16.5. The lowest BCUT2D eigenvalue weighted by Gasteiger charge is -2.10. The lowest BCUT2D eigenvalue weighted by Crippen LogP contribution is -2.14. The highest BCUT2D eigenvalue weighted by molar-refractivity contribution is 5.76. The van der Waals surface area contributed by atoms with E-state index in [2.05, 4.69) is 9.97 Å². The Balaban J connectivity index is 2.13. The Morgan fingerprint density at radius 1 is 1.59 bits per heavy atom. The molecule has 17 heavy (non-hydrogen) atoms. The number of carbonyl (C=O) groups excluding carboxylic acids is 1. The quantitative estimate of drug-likeness (QED) is 0.818. The van der Waals surface area contributed by atoms with Crippen LogP contribution in [0.4, 0.5) is 0 Å². The van der Waals surface area contributed by atoms with Crippen LogP contribution in [0.15, 0.2) is 6.20 Å². The van der Waals surface area contributed by atoms with E-state index in [1.165, 1.54) is 38.5 Å². The first-order valence-electron chi connectivity index (χ1n) is 6.38. The average molecular weight is 236 g/mol. The van der Waals surface area contributed by atoms with Crippen molar-refractivity contribution >= 4 is 5.97 Å². The van der Waals surface area contributed by atoms with Gasteiger partial charge in [0.25, 0.3) is 0 Å². The molecular formula is C13H20N2O2. The summed E-state index contributed by atoms with van der Waals surface area (Å²) in [7, 11) is 1.42. The van der Waals surface area contributed by atoms with Crippen LogP contribution in [0.3, 0.4) is 0 Å². The molecule has 2 rings (SSSR count). The third-order valence-electron chi connectivity index (χ3n) is 3.63. The van der Waals surface area contributed by atoms with E-state index in [0.717, 1.165) is 5.82 Å². The molecule has 0 saturated heterocycles. The summed E-state index contributed by atoms with van der Waals surface area (Å²) in [6.07, 6.45) is 7.66. The second-order valence-corrected chi connectivity index (χ2v) is 4.69. The molecule has 0 bridgehead atoms. The van der Waals surface area contributed by atoms with Gasteiger partial charge < -0.3 is 9.72 Å². The zero-order chi connectivity index (χ0) is 12.3. The summed E-state index contributed by atoms with van der Waals surface area (Å²) >= 11 is 0. The number of imidazole rings is 1. The fourth-order valence-corrected chi connectivity index (χ4v) is 2.59. The number of esters is 1. The average Bonchev–Trinajstić information content (AvgIpc) is 2.99. The van der Waals surface area contributed by atoms with Crippen LogP contribution in [-0.4, -0.2) is 23.0 Å². The SMILES string of the molecule is CCC(C(=O)OC)c1ncc(C2CCCC2)[nH]1. The fraction of sp³-hybridized carbons (Fsp3) is 0.692. The van der Waals surface area contributed by atoms with E-state index in [9.17, 15) is 4.79 Å². The van der Waals surface area contributed by atoms with Gasteiger partial charge in [-0.3, -0.25) is 4.79 Å². The van der Waals surface area contributed by atoms with Crippen molar-refractivity contribution in [2.45, 2.75) is 50.9 Å². The Labute approximate surface area is 102 Å². The Kier molecular flexibility index (Phi) is 3.82. The number of hydrogen-bond acceptors (Lipinski definition) is 3. The second kappa shape index (κ2) is 5.34. The molecule has 1 aromatic rings. The van der Waals surface area contributed by atoms with Gasteiger partial charge in [-0.05, 0) is 19.3 Å². The minimum Gasteiger partial charge on any atom is -0.468 e. The van der Waals surface area contributed by atoms with E-state index in [4.69, 9.17) is 4.74 Å². The van der Waals surface area contributed by atoms with E-state index < -0.39 is 0 Å². The maximum absolute atomic E-state index is 11.6. The maximum atomic E-state index is 11.6. The second-order valence-electron chi connectivity index (χ2n) is 4.69. The maximum Gasteiger partial charge on any atom is 0.316 e. The van der Waals surface area contributed by atoms with Gasteiger partial charge in [-0.25, -0.2) is 4.98 Å². The van der Waals surface area contributed by atoms with E-state index in [0.29, 0.717) is 12.3 Å². The zero-order valence-corrected chi connectivity index (χ0v) is 10.5. The molecule has 0 spiro atoms. The van der Waals surface area contributed by atoms with E-state index in [-0.39, 0.29) is 11.9 Å². The van der Waals surface area contributed by atoms with Crippen molar-refractivity contribution in [1.29, 1.82) is 0 Å². The summed E-state index contributed by atoms with van der Waals surface area (Å²) in [4.78, 5) is 19.2. The van der Waals surface area contributed by atoms with Gasteiger partial charge in [-0.15, -0.1) is 0 Å². The first-order valence-corrected chi connectivity index (χ1v) is 6.38. The fourth-order valence-electron chi connectivity index (χ4n) is 2.59. The Morgan fingerprint density at radius 3 is 2.88 bits per heavy atom. The van der Waals surface area contributed by atoms with Crippen LogP contribution in [0.2, 0.25) is 0 Å². The zero-order valence-electron chi connectivity index (χ0n) is 10.5. The molecule has 94 valence electrons. The molecule has 0 amide bonds. The van der Waals surface area contributed by atoms with Crippen LogP contribution >= 0.6 is 0 Å². The monoisotopic (exact) mass is 236 g/mol. The van der Waals surface area contributed by atoms with E-state index in [1.807, 2.05) is 13.1 Å². The van der Waals surface area contributed by atoms with Crippen LogP contribution in [0.1, 0.15) is 62.4 Å². The summed E-state index contributed by atoms with van der Waals surface area (Å²) in [5.41, 5.74) is 1.18. The summed E-state index contributed by atoms with van der Waals surface area (Å²) in [5, 5.41) is 0. The number of hydrogen-bond donors (Lipinski definition) is 1. The predicted molar refractivity (Wildman–Crippen MR) is 64.8 cm³/mol. The number of carbonyl (C=O) groups is 1. The number of methoxy groups -OCH3 is 1. The topological polar surface area (TPSA) is 55.0 Å². The number of nitrogens with one attached hydrogen (secondary N) is 1. The minimum atomic E-state index is -0.254. The number of aromatic amines is 1. The van der Waals surface area contributed by atoms with Crippen molar-refractivity contribution in [3.05, 3.63) is 17.7 Å². The van der Waals surface area contributed by atoms with Crippen molar-refractivity contribution < 1.29 is 9.53 Å². The first kappa shape index (κ1) is 12.1. The Hall–Kier alpha value is -1.32. The summed E-state index contributed by atoms with van der Waals surface area (Å²) in [6.45, 7) is 1.97. The first-order chi connectivity index (χ1) is 8.26. The highest BCUT2D eigenvalue weighted by Gasteiger charge is 2.25. The van der Waals surface area contributed by atoms with Crippen molar-refractivity contribution in [3.63, 3.8) is 0 Å². The lowest BCUT2D eigenvalue weighted by molar-refractivity contribution is -0.142. The molecule has 1 atom stereocenters. The van der Waals surface area contributed by atoms with Gasteiger partial charge in [0, 0.05) is 17.8 Å². The van der Waals surface area contributed by atoms with Gasteiger partial charge in [0.1, 0.15) is 11.7 Å². The molecule has 4 nitrogen and oxygen atoms in total. The van der Waals surface area contributed by atoms with Crippen LogP contribution in [0, 0.1) is 0 Å². The number of nitrogens with zero attached hydrogens (tertiary/aromatic N) is 1. The number of rotatable bonds is 4. The highest BCUT2D eigenvalue weighted by Crippen LogP contribution is 2.33. The molecule has 0 aromatic carbocycles.